The van der Waals surface area contributed by atoms with E-state index in [1.807, 2.05) is 5.70 Å². The van der Waals surface area contributed by atoms with Crippen LogP contribution in [0.15, 0.2) is 12.3 Å². The summed E-state index contributed by atoms with van der Waals surface area (Å²) in [4.78, 5) is 0. The van der Waals surface area contributed by atoms with E-state index in [9.17, 15) is 0 Å². The second-order valence-electron chi connectivity index (χ2n) is 6.97. The molecule has 132 valence electrons. The predicted molar refractivity (Wildman–Crippen MR) is 101 cm³/mol. The van der Waals surface area contributed by atoms with Gasteiger partial charge < -0.3 is 21.5 Å². The lowest BCUT2D eigenvalue weighted by Crippen LogP contribution is -2.53. The maximum Gasteiger partial charge on any atom is 0.499 e. The third-order valence-corrected chi connectivity index (χ3v) is 17.4. The molecule has 0 aliphatic rings. The molecule has 0 fully saturated rings. The molecule has 0 bridgehead atoms. The van der Waals surface area contributed by atoms with Crippen LogP contribution >= 0.6 is 0 Å². The van der Waals surface area contributed by atoms with E-state index < -0.39 is 34.0 Å². The number of hydrogen-bond acceptors (Lipinski definition) is 5. The van der Waals surface area contributed by atoms with Crippen LogP contribution in [0.2, 0.25) is 51.4 Å². The van der Waals surface area contributed by atoms with Gasteiger partial charge in [0.2, 0.25) is 0 Å². The molecular weight excluding hydrogens is 348 g/mol. The van der Waals surface area contributed by atoms with Gasteiger partial charge in [-0.05, 0) is 45.3 Å². The third-order valence-electron chi connectivity index (χ3n) is 3.49. The molecular formula is C13H34O5Si4. The molecule has 0 aromatic heterocycles. The molecule has 0 aromatic carbocycles. The lowest BCUT2D eigenvalue weighted by atomic mass is 10.9. The van der Waals surface area contributed by atoms with Gasteiger partial charge >= 0.3 is 17.4 Å². The predicted octanol–water partition coefficient (Wildman–Crippen LogP) is 3.73. The number of hydrogen-bond donors (Lipinski definition) is 0. The van der Waals surface area contributed by atoms with Gasteiger partial charge in [0.15, 0.2) is 16.6 Å². The Morgan fingerprint density at radius 2 is 1.23 bits per heavy atom. The topological polar surface area (TPSA) is 46.2 Å². The lowest BCUT2D eigenvalue weighted by Gasteiger charge is -2.38. The monoisotopic (exact) mass is 382 g/mol. The Morgan fingerprint density at radius 1 is 0.773 bits per heavy atom. The van der Waals surface area contributed by atoms with Gasteiger partial charge in [-0.2, -0.15) is 0 Å². The molecule has 0 rings (SSSR count). The van der Waals surface area contributed by atoms with Crippen molar-refractivity contribution in [1.82, 2.24) is 0 Å². The van der Waals surface area contributed by atoms with Crippen LogP contribution in [0.25, 0.3) is 0 Å². The fourth-order valence-corrected chi connectivity index (χ4v) is 18.8. The second kappa shape index (κ2) is 8.49. The molecule has 9 heteroatoms. The molecule has 0 amide bonds. The van der Waals surface area contributed by atoms with Gasteiger partial charge in [0.05, 0.1) is 0 Å². The fraction of sp³-hybridized carbons (Fsp3) is 0.846. The molecule has 0 aromatic rings. The van der Waals surface area contributed by atoms with Crippen molar-refractivity contribution < 1.29 is 21.5 Å². The van der Waals surface area contributed by atoms with Crippen LogP contribution in [0, 0.1) is 0 Å². The van der Waals surface area contributed by atoms with Crippen LogP contribution in [0.1, 0.15) is 0 Å². The first-order chi connectivity index (χ1) is 9.86. The largest absolute Gasteiger partial charge is 0.499 e. The minimum Gasteiger partial charge on any atom is -0.437 e. The van der Waals surface area contributed by atoms with E-state index in [1.165, 1.54) is 0 Å². The van der Waals surface area contributed by atoms with E-state index in [4.69, 9.17) is 21.5 Å². The van der Waals surface area contributed by atoms with Crippen LogP contribution < -0.4 is 0 Å². The van der Waals surface area contributed by atoms with Gasteiger partial charge in [0, 0.05) is 27.4 Å². The van der Waals surface area contributed by atoms with E-state index >= 15 is 0 Å². The zero-order valence-corrected chi connectivity index (χ0v) is 19.7. The van der Waals surface area contributed by atoms with E-state index in [-0.39, 0.29) is 0 Å². The average molecular weight is 383 g/mol. The Morgan fingerprint density at radius 3 is 1.59 bits per heavy atom. The van der Waals surface area contributed by atoms with Crippen molar-refractivity contribution >= 4 is 34.0 Å². The fourth-order valence-electron chi connectivity index (χ4n) is 2.42. The standard InChI is InChI=1S/C13H34O5Si4/c1-11-19(5,6)17-21(9,10)18-20(7,8)12-13-22(14-2,15-3)16-4/h11H,1,12-13H2,2-10H3. The molecule has 0 heterocycles. The summed E-state index contributed by atoms with van der Waals surface area (Å²) in [6.07, 6.45) is 0. The molecule has 0 unspecified atom stereocenters. The molecule has 0 aliphatic carbocycles. The summed E-state index contributed by atoms with van der Waals surface area (Å²) in [6.45, 7) is 16.8. The highest BCUT2D eigenvalue weighted by Gasteiger charge is 2.43. The summed E-state index contributed by atoms with van der Waals surface area (Å²) in [5, 5.41) is 0. The van der Waals surface area contributed by atoms with Gasteiger partial charge in [0.25, 0.3) is 0 Å². The highest BCUT2D eigenvalue weighted by Crippen LogP contribution is 2.27. The van der Waals surface area contributed by atoms with Gasteiger partial charge in [-0.25, -0.2) is 0 Å². The minimum absolute atomic E-state index is 0.766. The molecule has 0 radical (unpaired) electrons. The minimum atomic E-state index is -2.53. The third kappa shape index (κ3) is 7.79. The highest BCUT2D eigenvalue weighted by molar-refractivity contribution is 6.89. The van der Waals surface area contributed by atoms with Crippen LogP contribution in [-0.2, 0) is 21.5 Å². The van der Waals surface area contributed by atoms with E-state index in [2.05, 4.69) is 45.9 Å². The molecule has 0 saturated carbocycles. The van der Waals surface area contributed by atoms with Gasteiger partial charge in [-0.15, -0.1) is 6.58 Å². The van der Waals surface area contributed by atoms with Crippen molar-refractivity contribution in [2.75, 3.05) is 21.3 Å². The van der Waals surface area contributed by atoms with Crippen molar-refractivity contribution in [3.8, 4) is 0 Å². The summed E-state index contributed by atoms with van der Waals surface area (Å²) < 4.78 is 29.3. The molecule has 0 atom stereocenters. The van der Waals surface area contributed by atoms with Gasteiger partial charge in [-0.3, -0.25) is 0 Å². The first kappa shape index (κ1) is 22.4. The zero-order chi connectivity index (χ0) is 17.7. The number of rotatable bonds is 11. The lowest BCUT2D eigenvalue weighted by molar-refractivity contribution is 0.125. The van der Waals surface area contributed by atoms with E-state index in [0.717, 1.165) is 12.1 Å². The highest BCUT2D eigenvalue weighted by atomic mass is 28.5. The molecule has 22 heavy (non-hydrogen) atoms. The molecule has 0 aliphatic heterocycles. The van der Waals surface area contributed by atoms with Crippen molar-refractivity contribution in [2.45, 2.75) is 51.4 Å². The smallest absolute Gasteiger partial charge is 0.437 e. The molecule has 0 spiro atoms. The summed E-state index contributed by atoms with van der Waals surface area (Å²) in [7, 11) is -3.49. The van der Waals surface area contributed by atoms with Crippen LogP contribution in [0.4, 0.5) is 0 Å². The normalized spacial score (nSPS) is 14.2. The van der Waals surface area contributed by atoms with Crippen LogP contribution in [0.3, 0.4) is 0 Å². The zero-order valence-electron chi connectivity index (χ0n) is 15.7. The maximum atomic E-state index is 6.49. The molecule has 0 saturated heterocycles. The SMILES string of the molecule is C=C[Si](C)(C)O[Si](C)(C)O[Si](C)(C)CC[Si](OC)(OC)OC. The Balaban J connectivity index is 4.78. The van der Waals surface area contributed by atoms with E-state index in [1.54, 1.807) is 21.3 Å². The van der Waals surface area contributed by atoms with Crippen molar-refractivity contribution in [2.24, 2.45) is 0 Å². The summed E-state index contributed by atoms with van der Waals surface area (Å²) in [5.74, 6) is 0. The molecule has 0 N–H and O–H groups in total. The molecule has 5 nitrogen and oxygen atoms in total. The first-order valence-corrected chi connectivity index (χ1v) is 18.4. The average Bonchev–Trinajstić information content (AvgIpc) is 2.38. The summed E-state index contributed by atoms with van der Waals surface area (Å²) in [5.41, 5.74) is 1.96. The maximum absolute atomic E-state index is 6.49. The van der Waals surface area contributed by atoms with Crippen molar-refractivity contribution in [1.29, 1.82) is 0 Å². The Kier molecular flexibility index (Phi) is 8.65. The first-order valence-electron chi connectivity index (χ1n) is 7.56. The van der Waals surface area contributed by atoms with Crippen LogP contribution in [0.5, 0.6) is 0 Å². The summed E-state index contributed by atoms with van der Waals surface area (Å²) in [6, 6.07) is 1.69. The van der Waals surface area contributed by atoms with E-state index in [0.29, 0.717) is 0 Å². The summed E-state index contributed by atoms with van der Waals surface area (Å²) >= 11 is 0. The second-order valence-corrected chi connectivity index (χ2v) is 22.1. The quantitative estimate of drug-likeness (QED) is 0.509. The van der Waals surface area contributed by atoms with Gasteiger partial charge in [0.1, 0.15) is 0 Å². The van der Waals surface area contributed by atoms with Crippen molar-refractivity contribution in [3.63, 3.8) is 0 Å². The van der Waals surface area contributed by atoms with Gasteiger partial charge in [-0.1, -0.05) is 5.70 Å². The van der Waals surface area contributed by atoms with Crippen molar-refractivity contribution in [3.05, 3.63) is 12.3 Å². The Hall–Kier alpha value is 0.408. The van der Waals surface area contributed by atoms with Crippen LogP contribution in [-0.4, -0.2) is 55.3 Å². The Bertz CT molecular complexity index is 348. The Labute approximate surface area is 140 Å².